The molecule has 0 aromatic heterocycles. The lowest BCUT2D eigenvalue weighted by Gasteiger charge is -2.36. The summed E-state index contributed by atoms with van der Waals surface area (Å²) in [7, 11) is -5.12. The fourth-order valence-electron chi connectivity index (χ4n) is 1.81. The summed E-state index contributed by atoms with van der Waals surface area (Å²) in [5.74, 6) is -17.3. The third-order valence-electron chi connectivity index (χ3n) is 3.08. The zero-order chi connectivity index (χ0) is 17.2. The number of hydrogen-bond donors (Lipinski definition) is 1. The molecule has 0 bridgehead atoms. The van der Waals surface area contributed by atoms with E-state index in [-0.39, 0.29) is 25.9 Å². The molecule has 1 fully saturated rings. The van der Waals surface area contributed by atoms with Gasteiger partial charge in [-0.25, -0.2) is 8.96 Å². The van der Waals surface area contributed by atoms with Crippen molar-refractivity contribution in [3.63, 3.8) is 0 Å². The third kappa shape index (κ3) is 3.93. The van der Waals surface area contributed by atoms with Crippen LogP contribution in [-0.4, -0.2) is 42.0 Å². The first-order valence-corrected chi connectivity index (χ1v) is 7.72. The minimum atomic E-state index is -6.10. The smallest absolute Gasteiger partial charge is 0.302 e. The first-order chi connectivity index (χ1) is 9.87. The van der Waals surface area contributed by atoms with Gasteiger partial charge in [-0.15, -0.1) is 0 Å². The van der Waals surface area contributed by atoms with E-state index in [0.717, 1.165) is 0 Å². The highest BCUT2D eigenvalue weighted by Crippen LogP contribution is 2.54. The predicted molar refractivity (Wildman–Crippen MR) is 59.9 cm³/mol. The fourth-order valence-corrected chi connectivity index (χ4v) is 2.79. The van der Waals surface area contributed by atoms with Gasteiger partial charge >= 0.3 is 25.6 Å². The summed E-state index contributed by atoms with van der Waals surface area (Å²) in [4.78, 5) is 9.14. The topological polar surface area (TPSA) is 55.8 Å². The van der Waals surface area contributed by atoms with Crippen molar-refractivity contribution in [3.05, 3.63) is 0 Å². The molecular weight excluding hydrogens is 348 g/mol. The summed E-state index contributed by atoms with van der Waals surface area (Å²) < 4.78 is 111. The zero-order valence-corrected chi connectivity index (χ0v) is 12.0. The molecule has 0 saturated carbocycles. The Labute approximate surface area is 121 Å². The largest absolute Gasteiger partial charge is 0.472 e. The van der Waals surface area contributed by atoms with Crippen molar-refractivity contribution in [1.82, 2.24) is 0 Å². The maximum atomic E-state index is 13.7. The average molecular weight is 362 g/mol. The molecule has 2 unspecified atom stereocenters. The SMILES string of the molecule is O=P1(O)OCCCCCC(C(F)(F)C(F)(F)C(F)(F)CF)O1. The second kappa shape index (κ2) is 6.62. The van der Waals surface area contributed by atoms with Crippen LogP contribution in [0.25, 0.3) is 0 Å². The normalized spacial score (nSPS) is 29.5. The number of alkyl halides is 7. The Kier molecular flexibility index (Phi) is 5.92. The molecule has 1 N–H and O–H groups in total. The molecule has 1 saturated heterocycles. The maximum Gasteiger partial charge on any atom is 0.472 e. The van der Waals surface area contributed by atoms with Crippen LogP contribution < -0.4 is 0 Å². The minimum absolute atomic E-state index is 0.152. The van der Waals surface area contributed by atoms with Gasteiger partial charge in [-0.3, -0.25) is 9.05 Å². The van der Waals surface area contributed by atoms with Crippen LogP contribution in [-0.2, 0) is 13.6 Å². The minimum Gasteiger partial charge on any atom is -0.302 e. The van der Waals surface area contributed by atoms with Crippen molar-refractivity contribution in [2.45, 2.75) is 49.6 Å². The van der Waals surface area contributed by atoms with Gasteiger partial charge in [0.1, 0.15) is 6.10 Å². The van der Waals surface area contributed by atoms with E-state index in [1.165, 1.54) is 0 Å². The Hall–Kier alpha value is -0.380. The van der Waals surface area contributed by atoms with E-state index in [0.29, 0.717) is 0 Å². The Morgan fingerprint density at radius 3 is 2.23 bits per heavy atom. The van der Waals surface area contributed by atoms with Crippen LogP contribution in [0.5, 0.6) is 0 Å². The summed E-state index contributed by atoms with van der Waals surface area (Å²) in [6.45, 7) is -3.36. The predicted octanol–water partition coefficient (Wildman–Crippen LogP) is 3.94. The van der Waals surface area contributed by atoms with Gasteiger partial charge in [-0.1, -0.05) is 12.8 Å². The van der Waals surface area contributed by atoms with Gasteiger partial charge in [0.15, 0.2) is 6.67 Å². The molecule has 1 heterocycles. The second-order valence-electron chi connectivity index (χ2n) is 4.78. The summed E-state index contributed by atoms with van der Waals surface area (Å²) in [6.07, 6.45) is -3.72. The third-order valence-corrected chi connectivity index (χ3v) is 4.11. The quantitative estimate of drug-likeness (QED) is 0.608. The molecule has 22 heavy (non-hydrogen) atoms. The van der Waals surface area contributed by atoms with Crippen LogP contribution in [0.15, 0.2) is 0 Å². The standard InChI is InChI=1S/C10H14F7O4P/c11-6-8(12,13)10(16,17)9(14,15)7-4-2-1-3-5-20-22(18,19)21-7/h7H,1-6H2,(H,18,19). The summed E-state index contributed by atoms with van der Waals surface area (Å²) in [5, 5.41) is 0. The highest BCUT2D eigenvalue weighted by molar-refractivity contribution is 7.47. The van der Waals surface area contributed by atoms with E-state index in [4.69, 9.17) is 4.89 Å². The second-order valence-corrected chi connectivity index (χ2v) is 6.19. The molecule has 0 spiro atoms. The van der Waals surface area contributed by atoms with E-state index >= 15 is 0 Å². The van der Waals surface area contributed by atoms with Crippen molar-refractivity contribution >= 4 is 7.82 Å². The highest BCUT2D eigenvalue weighted by atomic mass is 31.2. The summed E-state index contributed by atoms with van der Waals surface area (Å²) >= 11 is 0. The Balaban J connectivity index is 3.13. The Morgan fingerprint density at radius 1 is 1.09 bits per heavy atom. The van der Waals surface area contributed by atoms with Gasteiger partial charge in [-0.05, 0) is 12.8 Å². The van der Waals surface area contributed by atoms with Gasteiger partial charge in [0, 0.05) is 0 Å². The molecule has 0 aliphatic carbocycles. The molecule has 1 aliphatic rings. The van der Waals surface area contributed by atoms with Crippen molar-refractivity contribution in [3.8, 4) is 0 Å². The molecule has 1 aliphatic heterocycles. The monoisotopic (exact) mass is 362 g/mol. The number of rotatable bonds is 4. The van der Waals surface area contributed by atoms with E-state index in [9.17, 15) is 35.3 Å². The molecule has 0 radical (unpaired) electrons. The van der Waals surface area contributed by atoms with Crippen LogP contribution in [0.1, 0.15) is 25.7 Å². The molecule has 0 aromatic carbocycles. The molecule has 2 atom stereocenters. The molecule has 1 rings (SSSR count). The maximum absolute atomic E-state index is 13.7. The zero-order valence-electron chi connectivity index (χ0n) is 11.1. The molecule has 12 heteroatoms. The first-order valence-electron chi connectivity index (χ1n) is 6.22. The number of hydrogen-bond acceptors (Lipinski definition) is 3. The van der Waals surface area contributed by atoms with Crippen LogP contribution in [0.3, 0.4) is 0 Å². The summed E-state index contributed by atoms with van der Waals surface area (Å²) in [6, 6.07) is 0. The van der Waals surface area contributed by atoms with Gasteiger partial charge < -0.3 is 4.89 Å². The molecule has 4 nitrogen and oxygen atoms in total. The van der Waals surface area contributed by atoms with Gasteiger partial charge in [0.25, 0.3) is 0 Å². The van der Waals surface area contributed by atoms with Gasteiger partial charge in [-0.2, -0.15) is 26.3 Å². The molecular formula is C10H14F7O4P. The van der Waals surface area contributed by atoms with Crippen LogP contribution in [0.4, 0.5) is 30.7 Å². The molecule has 0 aromatic rings. The first kappa shape index (κ1) is 19.7. The highest BCUT2D eigenvalue weighted by Gasteiger charge is 2.74. The fraction of sp³-hybridized carbons (Fsp3) is 1.00. The number of phosphoric ester groups is 1. The summed E-state index contributed by atoms with van der Waals surface area (Å²) in [5.41, 5.74) is 0. The van der Waals surface area contributed by atoms with Crippen molar-refractivity contribution in [2.24, 2.45) is 0 Å². The van der Waals surface area contributed by atoms with Crippen LogP contribution in [0, 0.1) is 0 Å². The van der Waals surface area contributed by atoms with E-state index in [2.05, 4.69) is 9.05 Å². The lowest BCUT2D eigenvalue weighted by molar-refractivity contribution is -0.332. The van der Waals surface area contributed by atoms with Crippen LogP contribution in [0.2, 0.25) is 0 Å². The van der Waals surface area contributed by atoms with E-state index in [1.807, 2.05) is 0 Å². The van der Waals surface area contributed by atoms with E-state index < -0.39 is 44.8 Å². The lowest BCUT2D eigenvalue weighted by atomic mass is 9.96. The number of halogens is 7. The van der Waals surface area contributed by atoms with Crippen LogP contribution >= 0.6 is 7.82 Å². The lowest BCUT2D eigenvalue weighted by Crippen LogP contribution is -2.60. The van der Waals surface area contributed by atoms with Crippen molar-refractivity contribution in [1.29, 1.82) is 0 Å². The van der Waals surface area contributed by atoms with Gasteiger partial charge in [0.2, 0.25) is 0 Å². The Bertz CT molecular complexity index is 431. The Morgan fingerprint density at radius 2 is 1.68 bits per heavy atom. The van der Waals surface area contributed by atoms with Crippen molar-refractivity contribution in [2.75, 3.05) is 13.3 Å². The van der Waals surface area contributed by atoms with Crippen molar-refractivity contribution < 1.29 is 49.2 Å². The van der Waals surface area contributed by atoms with Gasteiger partial charge in [0.05, 0.1) is 6.61 Å². The number of phosphoric acid groups is 1. The van der Waals surface area contributed by atoms with E-state index in [1.54, 1.807) is 0 Å². The average Bonchev–Trinajstić information content (AvgIpc) is 2.48. The molecule has 0 amide bonds. The molecule has 132 valence electrons.